The van der Waals surface area contributed by atoms with Gasteiger partial charge in [-0.15, -0.1) is 5.10 Å². The van der Waals surface area contributed by atoms with E-state index in [0.29, 0.717) is 0 Å². The predicted octanol–water partition coefficient (Wildman–Crippen LogP) is 1.52. The maximum absolute atomic E-state index is 4.90. The Morgan fingerprint density at radius 1 is 1.40 bits per heavy atom. The lowest BCUT2D eigenvalue weighted by Gasteiger charge is -1.93. The van der Waals surface area contributed by atoms with Crippen LogP contribution in [-0.4, -0.2) is 15.1 Å². The van der Waals surface area contributed by atoms with Crippen molar-refractivity contribution < 1.29 is 0 Å². The quantitative estimate of drug-likeness (QED) is 0.451. The topological polar surface area (TPSA) is 25.8 Å². The summed E-state index contributed by atoms with van der Waals surface area (Å²) in [7, 11) is 0. The van der Waals surface area contributed by atoms with Crippen molar-refractivity contribution in [2.45, 2.75) is 13.8 Å². The largest absolute Gasteiger partial charge is 0.155 e. The van der Waals surface area contributed by atoms with Crippen LogP contribution in [0, 0.1) is 6.92 Å². The number of rotatable bonds is 1. The lowest BCUT2D eigenvalue weighted by Crippen LogP contribution is -1.97. The van der Waals surface area contributed by atoms with Gasteiger partial charge in [-0.3, -0.25) is 0 Å². The summed E-state index contributed by atoms with van der Waals surface area (Å²) >= 11 is 4.90. The number of thiocarbonyl (C=S) groups is 1. The lowest BCUT2D eigenvalue weighted by atomic mass is 10.3. The third-order valence-corrected chi connectivity index (χ3v) is 1.37. The second-order valence-corrected chi connectivity index (χ2v) is 2.73. The van der Waals surface area contributed by atoms with E-state index in [4.69, 9.17) is 12.2 Å². The molecule has 0 bridgehead atoms. The fraction of sp³-hybridized carbons (Fsp3) is 0.286. The van der Waals surface area contributed by atoms with Crippen molar-refractivity contribution in [2.75, 3.05) is 0 Å². The van der Waals surface area contributed by atoms with Gasteiger partial charge in [0.15, 0.2) is 0 Å². The summed E-state index contributed by atoms with van der Waals surface area (Å²) in [5.74, 6) is 0. The van der Waals surface area contributed by atoms with Crippen molar-refractivity contribution in [1.29, 1.82) is 0 Å². The molecule has 1 heterocycles. The van der Waals surface area contributed by atoms with Crippen LogP contribution in [0.3, 0.4) is 0 Å². The van der Waals surface area contributed by atoms with Crippen molar-refractivity contribution in [2.24, 2.45) is 0 Å². The minimum absolute atomic E-state index is 0.785. The summed E-state index contributed by atoms with van der Waals surface area (Å²) in [6.45, 7) is 3.74. The van der Waals surface area contributed by atoms with Crippen LogP contribution in [0.25, 0.3) is 0 Å². The van der Waals surface area contributed by atoms with Crippen LogP contribution in [-0.2, 0) is 0 Å². The molecule has 0 N–H and O–H groups in total. The second kappa shape index (κ2) is 2.84. The van der Waals surface area contributed by atoms with E-state index in [1.54, 1.807) is 0 Å². The van der Waals surface area contributed by atoms with Crippen LogP contribution in [0.1, 0.15) is 18.3 Å². The molecule has 0 spiro atoms. The van der Waals surface area contributed by atoms with Crippen LogP contribution in [0.5, 0.6) is 0 Å². The maximum Gasteiger partial charge on any atom is 0.0993 e. The van der Waals surface area contributed by atoms with Gasteiger partial charge in [0, 0.05) is 4.86 Å². The van der Waals surface area contributed by atoms with Crippen LogP contribution in [0.4, 0.5) is 0 Å². The lowest BCUT2D eigenvalue weighted by molar-refractivity contribution is 0.971. The fourth-order valence-corrected chi connectivity index (χ4v) is 0.696. The molecule has 0 aliphatic carbocycles. The summed E-state index contributed by atoms with van der Waals surface area (Å²) in [5, 5.41) is 7.75. The summed E-state index contributed by atoms with van der Waals surface area (Å²) in [4.78, 5) is 0.785. The third-order valence-electron chi connectivity index (χ3n) is 1.16. The van der Waals surface area contributed by atoms with Crippen molar-refractivity contribution >= 4 is 17.1 Å². The van der Waals surface area contributed by atoms with Crippen molar-refractivity contribution in [1.82, 2.24) is 10.2 Å². The molecule has 3 heteroatoms. The molecular formula is C7H8N2S. The summed E-state index contributed by atoms with van der Waals surface area (Å²) in [5.41, 5.74) is 1.71. The first-order valence-corrected chi connectivity index (χ1v) is 3.42. The smallest absolute Gasteiger partial charge is 0.0993 e. The van der Waals surface area contributed by atoms with E-state index in [9.17, 15) is 0 Å². The van der Waals surface area contributed by atoms with E-state index in [1.165, 1.54) is 0 Å². The molecule has 0 amide bonds. The molecule has 1 aromatic rings. The third kappa shape index (κ3) is 1.57. The van der Waals surface area contributed by atoms with E-state index in [-0.39, 0.29) is 0 Å². The van der Waals surface area contributed by atoms with Gasteiger partial charge in [0.1, 0.15) is 0 Å². The first-order chi connectivity index (χ1) is 4.70. The zero-order chi connectivity index (χ0) is 7.56. The highest BCUT2D eigenvalue weighted by Gasteiger charge is 1.94. The van der Waals surface area contributed by atoms with E-state index in [2.05, 4.69) is 10.2 Å². The molecule has 0 radical (unpaired) electrons. The average Bonchev–Trinajstić information content (AvgIpc) is 1.88. The minimum atomic E-state index is 0.785. The Morgan fingerprint density at radius 2 is 2.10 bits per heavy atom. The van der Waals surface area contributed by atoms with Gasteiger partial charge >= 0.3 is 0 Å². The zero-order valence-electron chi connectivity index (χ0n) is 5.96. The van der Waals surface area contributed by atoms with Crippen LogP contribution >= 0.6 is 12.2 Å². The van der Waals surface area contributed by atoms with Gasteiger partial charge in [0.25, 0.3) is 0 Å². The zero-order valence-corrected chi connectivity index (χ0v) is 6.77. The molecule has 0 saturated carbocycles. The first kappa shape index (κ1) is 7.28. The standard InChI is InChI=1S/C7H8N2S/c1-5-3-4-7(6(2)10)9-8-5/h3-4H,1-2H3. The van der Waals surface area contributed by atoms with Crippen molar-refractivity contribution in [3.05, 3.63) is 23.5 Å². The molecule has 1 rings (SSSR count). The molecule has 0 aliphatic heterocycles. The Bertz CT molecular complexity index is 240. The number of aromatic nitrogens is 2. The van der Waals surface area contributed by atoms with Crippen molar-refractivity contribution in [3.63, 3.8) is 0 Å². The number of hydrogen-bond donors (Lipinski definition) is 0. The SMILES string of the molecule is CC(=S)c1ccc(C)nn1. The first-order valence-electron chi connectivity index (χ1n) is 3.01. The Labute approximate surface area is 65.3 Å². The number of hydrogen-bond acceptors (Lipinski definition) is 3. The highest BCUT2D eigenvalue weighted by Crippen LogP contribution is 1.96. The van der Waals surface area contributed by atoms with E-state index in [0.717, 1.165) is 16.3 Å². The summed E-state index contributed by atoms with van der Waals surface area (Å²) in [6.07, 6.45) is 0. The molecule has 0 saturated heterocycles. The molecule has 0 atom stereocenters. The van der Waals surface area contributed by atoms with Crippen LogP contribution in [0.15, 0.2) is 12.1 Å². The predicted molar refractivity (Wildman–Crippen MR) is 44.1 cm³/mol. The average molecular weight is 152 g/mol. The van der Waals surface area contributed by atoms with Gasteiger partial charge < -0.3 is 0 Å². The van der Waals surface area contributed by atoms with E-state index in [1.807, 2.05) is 26.0 Å². The summed E-state index contributed by atoms with van der Waals surface area (Å²) in [6, 6.07) is 3.78. The Balaban J connectivity index is 3.00. The normalized spacial score (nSPS) is 9.40. The van der Waals surface area contributed by atoms with Gasteiger partial charge in [-0.2, -0.15) is 5.10 Å². The van der Waals surface area contributed by atoms with Crippen LogP contribution < -0.4 is 0 Å². The molecule has 0 fully saturated rings. The molecule has 0 aromatic carbocycles. The van der Waals surface area contributed by atoms with Crippen molar-refractivity contribution in [3.8, 4) is 0 Å². The highest BCUT2D eigenvalue weighted by molar-refractivity contribution is 7.80. The molecule has 10 heavy (non-hydrogen) atoms. The Morgan fingerprint density at radius 3 is 2.50 bits per heavy atom. The van der Waals surface area contributed by atoms with Gasteiger partial charge in [-0.25, -0.2) is 0 Å². The van der Waals surface area contributed by atoms with Gasteiger partial charge in [-0.05, 0) is 26.0 Å². The monoisotopic (exact) mass is 152 g/mol. The highest BCUT2D eigenvalue weighted by atomic mass is 32.1. The van der Waals surface area contributed by atoms with Gasteiger partial charge in [-0.1, -0.05) is 12.2 Å². The molecule has 0 unspecified atom stereocenters. The van der Waals surface area contributed by atoms with Crippen LogP contribution in [0.2, 0.25) is 0 Å². The van der Waals surface area contributed by atoms with E-state index < -0.39 is 0 Å². The molecular weight excluding hydrogens is 144 g/mol. The fourth-order valence-electron chi connectivity index (χ4n) is 0.587. The Hall–Kier alpha value is -0.830. The Kier molecular flexibility index (Phi) is 2.06. The van der Waals surface area contributed by atoms with Gasteiger partial charge in [0.2, 0.25) is 0 Å². The molecule has 52 valence electrons. The van der Waals surface area contributed by atoms with Gasteiger partial charge in [0.05, 0.1) is 11.4 Å². The molecule has 2 nitrogen and oxygen atoms in total. The van der Waals surface area contributed by atoms with E-state index >= 15 is 0 Å². The second-order valence-electron chi connectivity index (χ2n) is 2.12. The molecule has 1 aromatic heterocycles. The number of nitrogens with zero attached hydrogens (tertiary/aromatic N) is 2. The number of aryl methyl sites for hydroxylation is 1. The summed E-state index contributed by atoms with van der Waals surface area (Å²) < 4.78 is 0. The minimum Gasteiger partial charge on any atom is -0.155 e. The maximum atomic E-state index is 4.90. The molecule has 0 aliphatic rings.